The van der Waals surface area contributed by atoms with Crippen LogP contribution in [0.4, 0.5) is 0 Å². The molecule has 0 aromatic carbocycles. The fourth-order valence-corrected chi connectivity index (χ4v) is 0.445. The van der Waals surface area contributed by atoms with Crippen molar-refractivity contribution < 1.29 is 4.79 Å². The molecular formula is C5H8N2OS. The minimum Gasteiger partial charge on any atom is -0.277 e. The van der Waals surface area contributed by atoms with Crippen LogP contribution in [-0.2, 0) is 0 Å². The van der Waals surface area contributed by atoms with Gasteiger partial charge in [-0.15, -0.1) is 0 Å². The molecule has 0 aliphatic rings. The van der Waals surface area contributed by atoms with Crippen LogP contribution in [0, 0.1) is 0 Å². The molecule has 4 heteroatoms. The average Bonchev–Trinajstić information content (AvgIpc) is 2.12. The Kier molecular flexibility index (Phi) is 3.01. The third-order valence-electron chi connectivity index (χ3n) is 0.868. The lowest BCUT2D eigenvalue weighted by Crippen LogP contribution is -2.00. The molecule has 1 rings (SSSR count). The van der Waals surface area contributed by atoms with E-state index in [1.54, 1.807) is 12.4 Å². The standard InChI is InChI=1S/C5H6N2O.H2S/c1-5(8)7-3-2-6-4-7;/h2-4H,1H3;1H2. The van der Waals surface area contributed by atoms with E-state index in [-0.39, 0.29) is 19.4 Å². The molecule has 3 nitrogen and oxygen atoms in total. The molecule has 1 aromatic rings. The van der Waals surface area contributed by atoms with Crippen molar-refractivity contribution >= 4 is 19.4 Å². The molecule has 1 heterocycles. The van der Waals surface area contributed by atoms with Gasteiger partial charge in [0.2, 0.25) is 5.91 Å². The Morgan fingerprint density at radius 2 is 2.33 bits per heavy atom. The minimum absolute atomic E-state index is 0. The third kappa shape index (κ3) is 1.89. The number of hydrogen-bond donors (Lipinski definition) is 0. The Balaban J connectivity index is 0.000000640. The SMILES string of the molecule is CC(=O)n1ccnc1.S. The zero-order valence-electron chi connectivity index (χ0n) is 5.03. The van der Waals surface area contributed by atoms with Crippen molar-refractivity contribution in [3.05, 3.63) is 18.7 Å². The van der Waals surface area contributed by atoms with Gasteiger partial charge >= 0.3 is 0 Å². The van der Waals surface area contributed by atoms with Crippen LogP contribution < -0.4 is 0 Å². The number of carbonyl (C=O) groups is 1. The summed E-state index contributed by atoms with van der Waals surface area (Å²) in [4.78, 5) is 14.1. The molecule has 9 heavy (non-hydrogen) atoms. The van der Waals surface area contributed by atoms with Crippen molar-refractivity contribution in [3.8, 4) is 0 Å². The highest BCUT2D eigenvalue weighted by atomic mass is 32.1. The van der Waals surface area contributed by atoms with Crippen LogP contribution >= 0.6 is 13.5 Å². The molecule has 0 saturated heterocycles. The summed E-state index contributed by atoms with van der Waals surface area (Å²) in [5, 5.41) is 0. The Morgan fingerprint density at radius 3 is 2.56 bits per heavy atom. The van der Waals surface area contributed by atoms with Gasteiger partial charge in [0.05, 0.1) is 0 Å². The minimum atomic E-state index is -0.0116. The number of aromatic nitrogens is 2. The maximum Gasteiger partial charge on any atom is 0.228 e. The summed E-state index contributed by atoms with van der Waals surface area (Å²) in [5.41, 5.74) is 0. The molecule has 0 saturated carbocycles. The molecule has 1 aromatic heterocycles. The molecule has 0 aliphatic heterocycles. The molecule has 0 unspecified atom stereocenters. The highest BCUT2D eigenvalue weighted by molar-refractivity contribution is 7.59. The fourth-order valence-electron chi connectivity index (χ4n) is 0.445. The Hall–Kier alpha value is -0.770. The smallest absolute Gasteiger partial charge is 0.228 e. The number of imidazole rings is 1. The van der Waals surface area contributed by atoms with E-state index >= 15 is 0 Å². The molecular weight excluding hydrogens is 136 g/mol. The van der Waals surface area contributed by atoms with E-state index in [2.05, 4.69) is 4.98 Å². The largest absolute Gasteiger partial charge is 0.277 e. The van der Waals surface area contributed by atoms with Crippen molar-refractivity contribution in [3.63, 3.8) is 0 Å². The van der Waals surface area contributed by atoms with E-state index in [4.69, 9.17) is 0 Å². The van der Waals surface area contributed by atoms with Crippen LogP contribution in [-0.4, -0.2) is 15.5 Å². The summed E-state index contributed by atoms with van der Waals surface area (Å²) in [6, 6.07) is 0. The summed E-state index contributed by atoms with van der Waals surface area (Å²) in [5.74, 6) is -0.0116. The first-order valence-corrected chi connectivity index (χ1v) is 2.29. The lowest BCUT2D eigenvalue weighted by molar-refractivity contribution is 0.0936. The maximum atomic E-state index is 10.4. The van der Waals surface area contributed by atoms with E-state index in [9.17, 15) is 4.79 Å². The molecule has 0 aliphatic carbocycles. The van der Waals surface area contributed by atoms with Crippen LogP contribution in [0.15, 0.2) is 18.7 Å². The summed E-state index contributed by atoms with van der Waals surface area (Å²) >= 11 is 0. The van der Waals surface area contributed by atoms with E-state index in [0.717, 1.165) is 0 Å². The topological polar surface area (TPSA) is 34.9 Å². The molecule has 0 fully saturated rings. The monoisotopic (exact) mass is 144 g/mol. The first-order chi connectivity index (χ1) is 3.80. The summed E-state index contributed by atoms with van der Waals surface area (Å²) in [6.07, 6.45) is 4.66. The molecule has 0 amide bonds. The second-order valence-electron chi connectivity index (χ2n) is 1.49. The van der Waals surface area contributed by atoms with Crippen LogP contribution in [0.5, 0.6) is 0 Å². The third-order valence-corrected chi connectivity index (χ3v) is 0.868. The van der Waals surface area contributed by atoms with Gasteiger partial charge in [-0.2, -0.15) is 13.5 Å². The van der Waals surface area contributed by atoms with E-state index < -0.39 is 0 Å². The van der Waals surface area contributed by atoms with Gasteiger partial charge in [0.1, 0.15) is 6.33 Å². The average molecular weight is 144 g/mol. The second-order valence-corrected chi connectivity index (χ2v) is 1.49. The highest BCUT2D eigenvalue weighted by Gasteiger charge is 1.90. The van der Waals surface area contributed by atoms with E-state index in [1.807, 2.05) is 0 Å². The van der Waals surface area contributed by atoms with Crippen LogP contribution in [0.3, 0.4) is 0 Å². The van der Waals surface area contributed by atoms with Gasteiger partial charge in [-0.1, -0.05) is 0 Å². The molecule has 0 atom stereocenters. The van der Waals surface area contributed by atoms with Gasteiger partial charge in [-0.3, -0.25) is 9.36 Å². The lowest BCUT2D eigenvalue weighted by Gasteiger charge is -1.87. The van der Waals surface area contributed by atoms with Crippen molar-refractivity contribution in [1.82, 2.24) is 9.55 Å². The number of nitrogens with zero attached hydrogens (tertiary/aromatic N) is 2. The molecule has 0 radical (unpaired) electrons. The van der Waals surface area contributed by atoms with Gasteiger partial charge in [0.25, 0.3) is 0 Å². The van der Waals surface area contributed by atoms with Crippen LogP contribution in [0.2, 0.25) is 0 Å². The van der Waals surface area contributed by atoms with Gasteiger partial charge in [-0.25, -0.2) is 4.98 Å². The molecule has 50 valence electrons. The van der Waals surface area contributed by atoms with Crippen LogP contribution in [0.1, 0.15) is 11.7 Å². The van der Waals surface area contributed by atoms with E-state index in [1.165, 1.54) is 17.8 Å². The first-order valence-electron chi connectivity index (χ1n) is 2.29. The molecule has 0 spiro atoms. The Bertz CT molecular complexity index is 183. The Labute approximate surface area is 60.2 Å². The molecule has 0 N–H and O–H groups in total. The van der Waals surface area contributed by atoms with Crippen molar-refractivity contribution in [2.24, 2.45) is 0 Å². The van der Waals surface area contributed by atoms with E-state index in [0.29, 0.717) is 0 Å². The lowest BCUT2D eigenvalue weighted by atomic mass is 10.7. The fraction of sp³-hybridized carbons (Fsp3) is 0.200. The zero-order valence-corrected chi connectivity index (χ0v) is 6.03. The number of rotatable bonds is 0. The zero-order chi connectivity index (χ0) is 5.98. The van der Waals surface area contributed by atoms with Crippen molar-refractivity contribution in [1.29, 1.82) is 0 Å². The normalized spacial score (nSPS) is 8.11. The van der Waals surface area contributed by atoms with Gasteiger partial charge in [0.15, 0.2) is 0 Å². The summed E-state index contributed by atoms with van der Waals surface area (Å²) in [6.45, 7) is 1.49. The number of hydrogen-bond acceptors (Lipinski definition) is 2. The van der Waals surface area contributed by atoms with Gasteiger partial charge in [0, 0.05) is 19.3 Å². The quantitative estimate of drug-likeness (QED) is 0.536. The molecule has 0 bridgehead atoms. The van der Waals surface area contributed by atoms with Crippen molar-refractivity contribution in [2.75, 3.05) is 0 Å². The first kappa shape index (κ1) is 8.23. The van der Waals surface area contributed by atoms with Gasteiger partial charge < -0.3 is 0 Å². The summed E-state index contributed by atoms with van der Waals surface area (Å²) < 4.78 is 1.42. The van der Waals surface area contributed by atoms with Crippen molar-refractivity contribution in [2.45, 2.75) is 6.92 Å². The summed E-state index contributed by atoms with van der Waals surface area (Å²) in [7, 11) is 0. The van der Waals surface area contributed by atoms with Gasteiger partial charge in [-0.05, 0) is 0 Å². The number of carbonyl (C=O) groups excluding carboxylic acids is 1. The highest BCUT2D eigenvalue weighted by Crippen LogP contribution is 1.82. The Morgan fingerprint density at radius 1 is 1.67 bits per heavy atom. The van der Waals surface area contributed by atoms with Crippen LogP contribution in [0.25, 0.3) is 0 Å². The maximum absolute atomic E-state index is 10.4. The second kappa shape index (κ2) is 3.29. The predicted octanol–water partition coefficient (Wildman–Crippen LogP) is 0.656. The predicted molar refractivity (Wildman–Crippen MR) is 38.9 cm³/mol.